The summed E-state index contributed by atoms with van der Waals surface area (Å²) < 4.78 is 38.3. The van der Waals surface area contributed by atoms with Crippen molar-refractivity contribution in [2.45, 2.75) is 38.6 Å². The zero-order valence-corrected chi connectivity index (χ0v) is 11.1. The van der Waals surface area contributed by atoms with Crippen LogP contribution in [0.5, 0.6) is 0 Å². The molecule has 2 rings (SSSR count). The summed E-state index contributed by atoms with van der Waals surface area (Å²) in [5, 5.41) is 12.6. The predicted molar refractivity (Wildman–Crippen MR) is 68.9 cm³/mol. The molecule has 0 amide bonds. The number of nitrogens with zero attached hydrogens (tertiary/aromatic N) is 1. The van der Waals surface area contributed by atoms with E-state index in [2.05, 4.69) is 15.7 Å². The number of hydrogen-bond acceptors (Lipinski definition) is 5. The van der Waals surface area contributed by atoms with Crippen molar-refractivity contribution in [2.24, 2.45) is 11.3 Å². The second kappa shape index (κ2) is 4.78. The zero-order chi connectivity index (χ0) is 15.1. The molecule has 0 radical (unpaired) electrons. The van der Waals surface area contributed by atoms with Crippen LogP contribution in [0.4, 0.5) is 24.8 Å². The average molecular weight is 290 g/mol. The van der Waals surface area contributed by atoms with E-state index >= 15 is 0 Å². The molecule has 0 aliphatic heterocycles. The van der Waals surface area contributed by atoms with Crippen molar-refractivity contribution in [1.29, 1.82) is 0 Å². The van der Waals surface area contributed by atoms with Crippen LogP contribution in [-0.4, -0.2) is 22.2 Å². The zero-order valence-electron chi connectivity index (χ0n) is 11.1. The third-order valence-electron chi connectivity index (χ3n) is 3.84. The lowest BCUT2D eigenvalue weighted by molar-refractivity contribution is -0.137. The van der Waals surface area contributed by atoms with Gasteiger partial charge in [0.25, 0.3) is 0 Å². The number of aromatic nitrogens is 1. The Balaban J connectivity index is 2.24. The molecule has 1 heterocycles. The topological polar surface area (TPSA) is 83.2 Å². The lowest BCUT2D eigenvalue weighted by Crippen LogP contribution is -2.57. The Morgan fingerprint density at radius 3 is 2.40 bits per heavy atom. The smallest absolute Gasteiger partial charge is 0.392 e. The van der Waals surface area contributed by atoms with Crippen molar-refractivity contribution in [3.63, 3.8) is 0 Å². The van der Waals surface area contributed by atoms with Crippen LogP contribution in [0.1, 0.15) is 25.8 Å². The normalized spacial score (nSPS) is 24.9. The van der Waals surface area contributed by atoms with Crippen molar-refractivity contribution < 1.29 is 18.3 Å². The molecule has 1 aromatic rings. The van der Waals surface area contributed by atoms with Crippen molar-refractivity contribution in [3.8, 4) is 0 Å². The van der Waals surface area contributed by atoms with Crippen LogP contribution in [0, 0.1) is 5.41 Å². The number of rotatable bonds is 3. The highest BCUT2D eigenvalue weighted by Crippen LogP contribution is 2.42. The molecule has 0 bridgehead atoms. The molecule has 1 aromatic heterocycles. The Hall–Kier alpha value is -1.54. The van der Waals surface area contributed by atoms with Gasteiger partial charge in [0, 0.05) is 11.5 Å². The van der Waals surface area contributed by atoms with Crippen molar-refractivity contribution >= 4 is 11.6 Å². The molecular formula is C12H17F3N4O. The quantitative estimate of drug-likeness (QED) is 0.505. The molecule has 112 valence electrons. The summed E-state index contributed by atoms with van der Waals surface area (Å²) in [5.74, 6) is 5.15. The minimum Gasteiger partial charge on any atom is -0.392 e. The summed E-state index contributed by atoms with van der Waals surface area (Å²) in [6.07, 6.45) is -4.48. The molecule has 0 spiro atoms. The van der Waals surface area contributed by atoms with Crippen LogP contribution in [0.15, 0.2) is 12.1 Å². The van der Waals surface area contributed by atoms with E-state index in [-0.39, 0.29) is 17.7 Å². The van der Waals surface area contributed by atoms with E-state index < -0.39 is 23.3 Å². The van der Waals surface area contributed by atoms with E-state index in [1.165, 1.54) is 0 Å². The number of nitrogens with one attached hydrogen (secondary N) is 2. The molecule has 20 heavy (non-hydrogen) atoms. The number of hydrogen-bond donors (Lipinski definition) is 4. The first-order valence-electron chi connectivity index (χ1n) is 6.15. The molecule has 0 saturated heterocycles. The molecule has 5 nitrogen and oxygen atoms in total. The Bertz CT molecular complexity index is 504. The van der Waals surface area contributed by atoms with Crippen molar-refractivity contribution in [2.75, 3.05) is 10.7 Å². The number of alkyl halides is 3. The van der Waals surface area contributed by atoms with Gasteiger partial charge in [-0.2, -0.15) is 13.2 Å². The van der Waals surface area contributed by atoms with E-state index in [1.807, 2.05) is 13.8 Å². The second-order valence-corrected chi connectivity index (χ2v) is 5.54. The van der Waals surface area contributed by atoms with Gasteiger partial charge in [-0.3, -0.25) is 0 Å². The van der Waals surface area contributed by atoms with E-state index in [0.29, 0.717) is 6.42 Å². The van der Waals surface area contributed by atoms with Crippen LogP contribution in [0.3, 0.4) is 0 Å². The standard InChI is InChI=1S/C12H17F3N4O/c1-11(2)7(5-8(11)20)17-9-3-6(12(13,14)15)4-10(18-9)19-16/h3-4,7-8,20H,5,16H2,1-2H3,(H2,17,18,19). The molecular weight excluding hydrogens is 273 g/mol. The van der Waals surface area contributed by atoms with E-state index in [0.717, 1.165) is 12.1 Å². The molecule has 1 aliphatic carbocycles. The maximum atomic E-state index is 12.8. The van der Waals surface area contributed by atoms with Gasteiger partial charge in [0.1, 0.15) is 11.6 Å². The first-order chi connectivity index (χ1) is 9.14. The van der Waals surface area contributed by atoms with Crippen LogP contribution in [-0.2, 0) is 6.18 Å². The summed E-state index contributed by atoms with van der Waals surface area (Å²) in [4.78, 5) is 3.95. The summed E-state index contributed by atoms with van der Waals surface area (Å²) in [6.45, 7) is 3.68. The van der Waals surface area contributed by atoms with Gasteiger partial charge in [0.2, 0.25) is 0 Å². The van der Waals surface area contributed by atoms with Crippen molar-refractivity contribution in [1.82, 2.24) is 4.98 Å². The maximum Gasteiger partial charge on any atom is 0.416 e. The second-order valence-electron chi connectivity index (χ2n) is 5.54. The van der Waals surface area contributed by atoms with Gasteiger partial charge in [-0.05, 0) is 18.6 Å². The molecule has 0 aromatic carbocycles. The Labute approximate surface area is 114 Å². The third kappa shape index (κ3) is 2.66. The van der Waals surface area contributed by atoms with Gasteiger partial charge in [0.15, 0.2) is 0 Å². The Morgan fingerprint density at radius 1 is 1.35 bits per heavy atom. The van der Waals surface area contributed by atoms with Gasteiger partial charge in [-0.25, -0.2) is 10.8 Å². The summed E-state index contributed by atoms with van der Waals surface area (Å²) in [5.41, 5.74) is 0.875. The summed E-state index contributed by atoms with van der Waals surface area (Å²) >= 11 is 0. The van der Waals surface area contributed by atoms with Gasteiger partial charge >= 0.3 is 6.18 Å². The Kier molecular flexibility index (Phi) is 3.55. The number of nitrogen functional groups attached to an aromatic ring is 1. The first kappa shape index (κ1) is 14.9. The van der Waals surface area contributed by atoms with E-state index in [1.54, 1.807) is 0 Å². The molecule has 2 unspecified atom stereocenters. The highest BCUT2D eigenvalue weighted by molar-refractivity contribution is 5.50. The van der Waals surface area contributed by atoms with Crippen LogP contribution in [0.25, 0.3) is 0 Å². The predicted octanol–water partition coefficient (Wildman–Crippen LogP) is 1.96. The number of nitrogens with two attached hydrogens (primary N) is 1. The molecule has 1 aliphatic rings. The fourth-order valence-corrected chi connectivity index (χ4v) is 2.17. The van der Waals surface area contributed by atoms with E-state index in [4.69, 9.17) is 5.84 Å². The number of anilines is 2. The van der Waals surface area contributed by atoms with Gasteiger partial charge in [0.05, 0.1) is 11.7 Å². The van der Waals surface area contributed by atoms with E-state index in [9.17, 15) is 18.3 Å². The number of aliphatic hydroxyl groups is 1. The highest BCUT2D eigenvalue weighted by Gasteiger charge is 2.47. The summed E-state index contributed by atoms with van der Waals surface area (Å²) in [7, 11) is 0. The number of pyridine rings is 1. The molecule has 8 heteroatoms. The summed E-state index contributed by atoms with van der Waals surface area (Å²) in [6, 6.07) is 1.63. The van der Waals surface area contributed by atoms with Crippen molar-refractivity contribution in [3.05, 3.63) is 17.7 Å². The SMILES string of the molecule is CC1(C)C(O)CC1Nc1cc(C(F)(F)F)cc(NN)n1. The first-order valence-corrected chi connectivity index (χ1v) is 6.15. The average Bonchev–Trinajstić information content (AvgIpc) is 2.37. The van der Waals surface area contributed by atoms with Crippen LogP contribution in [0.2, 0.25) is 0 Å². The monoisotopic (exact) mass is 290 g/mol. The number of hydrazine groups is 1. The largest absolute Gasteiger partial charge is 0.416 e. The minimum atomic E-state index is -4.47. The van der Waals surface area contributed by atoms with Crippen LogP contribution >= 0.6 is 0 Å². The third-order valence-corrected chi connectivity index (χ3v) is 3.84. The maximum absolute atomic E-state index is 12.8. The Morgan fingerprint density at radius 2 is 1.95 bits per heavy atom. The van der Waals surface area contributed by atoms with Crippen LogP contribution < -0.4 is 16.6 Å². The fourth-order valence-electron chi connectivity index (χ4n) is 2.17. The molecule has 1 fully saturated rings. The lowest BCUT2D eigenvalue weighted by atomic mass is 9.64. The van der Waals surface area contributed by atoms with Gasteiger partial charge in [-0.15, -0.1) is 0 Å². The number of aliphatic hydroxyl groups excluding tert-OH is 1. The van der Waals surface area contributed by atoms with Gasteiger partial charge < -0.3 is 15.8 Å². The highest BCUT2D eigenvalue weighted by atomic mass is 19.4. The lowest BCUT2D eigenvalue weighted by Gasteiger charge is -2.49. The minimum absolute atomic E-state index is 0.0694. The number of halogens is 3. The molecule has 2 atom stereocenters. The fraction of sp³-hybridized carbons (Fsp3) is 0.583. The van der Waals surface area contributed by atoms with Gasteiger partial charge in [-0.1, -0.05) is 13.8 Å². The molecule has 1 saturated carbocycles. The molecule has 5 N–H and O–H groups in total.